The van der Waals surface area contributed by atoms with Crippen molar-refractivity contribution in [1.29, 1.82) is 0 Å². The summed E-state index contributed by atoms with van der Waals surface area (Å²) in [7, 11) is 3.67. The van der Waals surface area contributed by atoms with Crippen molar-refractivity contribution < 1.29 is 18.3 Å². The number of hydrogen-bond donors (Lipinski definition) is 1. The summed E-state index contributed by atoms with van der Waals surface area (Å²) in [5.41, 5.74) is 0.995. The zero-order chi connectivity index (χ0) is 18.5. The van der Waals surface area contributed by atoms with Gasteiger partial charge in [0.05, 0.1) is 0 Å². The first kappa shape index (κ1) is 24.8. The van der Waals surface area contributed by atoms with E-state index < -0.39 is 6.61 Å². The van der Waals surface area contributed by atoms with E-state index in [9.17, 15) is 8.78 Å². The number of guanidine groups is 1. The zero-order valence-corrected chi connectivity index (χ0v) is 18.0. The largest absolute Gasteiger partial charge is 0.435 e. The molecule has 0 unspecified atom stereocenters. The van der Waals surface area contributed by atoms with Crippen molar-refractivity contribution in [3.05, 3.63) is 29.8 Å². The number of rotatable bonds is 11. The van der Waals surface area contributed by atoms with Gasteiger partial charge in [-0.2, -0.15) is 8.78 Å². The lowest BCUT2D eigenvalue weighted by Crippen LogP contribution is -2.38. The van der Waals surface area contributed by atoms with Crippen molar-refractivity contribution in [2.45, 2.75) is 39.3 Å². The second-order valence-electron chi connectivity index (χ2n) is 5.67. The molecule has 0 radical (unpaired) electrons. The molecular formula is C18H30F2IN3O2. The number of nitrogens with one attached hydrogen (secondary N) is 1. The molecule has 0 aliphatic heterocycles. The molecule has 0 fully saturated rings. The first-order valence-electron chi connectivity index (χ1n) is 8.59. The lowest BCUT2D eigenvalue weighted by atomic mass is 10.2. The van der Waals surface area contributed by atoms with Crippen molar-refractivity contribution >= 4 is 29.9 Å². The average Bonchev–Trinajstić information content (AvgIpc) is 2.58. The maximum Gasteiger partial charge on any atom is 0.387 e. The van der Waals surface area contributed by atoms with Crippen molar-refractivity contribution in [3.63, 3.8) is 0 Å². The summed E-state index contributed by atoms with van der Waals surface area (Å²) in [4.78, 5) is 6.65. The molecule has 0 amide bonds. The van der Waals surface area contributed by atoms with Crippen LogP contribution in [0.15, 0.2) is 29.3 Å². The average molecular weight is 485 g/mol. The first-order chi connectivity index (χ1) is 12.1. The number of nitrogens with zero attached hydrogens (tertiary/aromatic N) is 2. The molecule has 0 aromatic heterocycles. The van der Waals surface area contributed by atoms with Crippen LogP contribution < -0.4 is 10.1 Å². The van der Waals surface area contributed by atoms with E-state index in [1.54, 1.807) is 31.4 Å². The van der Waals surface area contributed by atoms with Crippen LogP contribution in [0, 0.1) is 0 Å². The number of hydrogen-bond acceptors (Lipinski definition) is 3. The summed E-state index contributed by atoms with van der Waals surface area (Å²) in [6.07, 6.45) is 3.16. The molecule has 0 saturated carbocycles. The third kappa shape index (κ3) is 10.7. The van der Waals surface area contributed by atoms with Gasteiger partial charge in [0.25, 0.3) is 0 Å². The molecule has 0 aliphatic rings. The Morgan fingerprint density at radius 3 is 2.46 bits per heavy atom. The van der Waals surface area contributed by atoms with Crippen LogP contribution in [0.25, 0.3) is 0 Å². The van der Waals surface area contributed by atoms with E-state index in [0.717, 1.165) is 50.5 Å². The Bertz CT molecular complexity index is 502. The third-order valence-electron chi connectivity index (χ3n) is 3.53. The minimum Gasteiger partial charge on any atom is -0.435 e. The summed E-state index contributed by atoms with van der Waals surface area (Å²) in [5.74, 6) is 1.00. The Hall–Kier alpha value is -1.16. The Morgan fingerprint density at radius 2 is 1.88 bits per heavy atom. The third-order valence-corrected chi connectivity index (χ3v) is 3.53. The summed E-state index contributed by atoms with van der Waals surface area (Å²) < 4.78 is 33.8. The van der Waals surface area contributed by atoms with Crippen LogP contribution in [0.5, 0.6) is 5.75 Å². The van der Waals surface area contributed by atoms with E-state index in [2.05, 4.69) is 15.0 Å². The van der Waals surface area contributed by atoms with Crippen LogP contribution in [-0.4, -0.2) is 51.3 Å². The molecule has 1 N–H and O–H groups in total. The number of halogens is 3. The normalized spacial score (nSPS) is 11.2. The van der Waals surface area contributed by atoms with Gasteiger partial charge in [-0.1, -0.05) is 12.1 Å². The number of methoxy groups -OCH3 is 1. The maximum absolute atomic E-state index is 12.2. The number of ether oxygens (including phenoxy) is 2. The standard InChI is InChI=1S/C18H29F2N3O2.HI/c1-4-21-18(22-12-6-5-7-13-24-3)23(2)14-15-8-10-16(11-9-15)25-17(19)20;/h8-11,17H,4-7,12-14H2,1-3H3,(H,21,22);1H. The minimum absolute atomic E-state index is 0. The minimum atomic E-state index is -2.80. The molecule has 0 bridgehead atoms. The van der Waals surface area contributed by atoms with Gasteiger partial charge in [-0.15, -0.1) is 24.0 Å². The lowest BCUT2D eigenvalue weighted by Gasteiger charge is -2.22. The fourth-order valence-corrected chi connectivity index (χ4v) is 2.31. The Labute approximate surface area is 172 Å². The molecule has 1 aromatic carbocycles. The summed E-state index contributed by atoms with van der Waals surface area (Å²) >= 11 is 0. The van der Waals surface area contributed by atoms with Crippen LogP contribution in [0.1, 0.15) is 31.7 Å². The van der Waals surface area contributed by atoms with Crippen molar-refractivity contribution in [2.75, 3.05) is 33.9 Å². The van der Waals surface area contributed by atoms with Crippen molar-refractivity contribution in [3.8, 4) is 5.75 Å². The SMILES string of the molecule is CCNC(=NCCCCCOC)N(C)Cc1ccc(OC(F)F)cc1.I. The molecule has 1 aromatic rings. The highest BCUT2D eigenvalue weighted by atomic mass is 127. The highest BCUT2D eigenvalue weighted by Crippen LogP contribution is 2.15. The molecule has 0 spiro atoms. The van der Waals surface area contributed by atoms with Gasteiger partial charge in [-0.05, 0) is 43.9 Å². The van der Waals surface area contributed by atoms with Gasteiger partial charge in [-0.25, -0.2) is 0 Å². The van der Waals surface area contributed by atoms with Gasteiger partial charge in [-0.3, -0.25) is 4.99 Å². The second-order valence-corrected chi connectivity index (χ2v) is 5.67. The summed E-state index contributed by atoms with van der Waals surface area (Å²) in [5, 5.41) is 3.27. The number of alkyl halides is 2. The van der Waals surface area contributed by atoms with E-state index in [0.29, 0.717) is 6.54 Å². The number of aliphatic imine (C=N–C) groups is 1. The maximum atomic E-state index is 12.2. The van der Waals surface area contributed by atoms with Crippen molar-refractivity contribution in [2.24, 2.45) is 4.99 Å². The van der Waals surface area contributed by atoms with Crippen molar-refractivity contribution in [1.82, 2.24) is 10.2 Å². The highest BCUT2D eigenvalue weighted by molar-refractivity contribution is 14.0. The quantitative estimate of drug-likeness (QED) is 0.222. The van der Waals surface area contributed by atoms with Gasteiger partial charge >= 0.3 is 6.61 Å². The number of benzene rings is 1. The lowest BCUT2D eigenvalue weighted by molar-refractivity contribution is -0.0498. The Morgan fingerprint density at radius 1 is 1.19 bits per heavy atom. The molecule has 0 saturated heterocycles. The summed E-state index contributed by atoms with van der Waals surface area (Å²) in [6.45, 7) is 2.19. The monoisotopic (exact) mass is 485 g/mol. The Balaban J connectivity index is 0.00000625. The molecular weight excluding hydrogens is 455 g/mol. The van der Waals surface area contributed by atoms with Gasteiger partial charge < -0.3 is 19.7 Å². The smallest absolute Gasteiger partial charge is 0.387 e. The van der Waals surface area contributed by atoms with E-state index in [1.807, 2.05) is 18.9 Å². The van der Waals surface area contributed by atoms with Gasteiger partial charge in [0.1, 0.15) is 5.75 Å². The molecule has 1 rings (SSSR count). The molecule has 150 valence electrons. The molecule has 0 aliphatic carbocycles. The Kier molecular flexibility index (Phi) is 14.3. The summed E-state index contributed by atoms with van der Waals surface area (Å²) in [6, 6.07) is 6.66. The first-order valence-corrected chi connectivity index (χ1v) is 8.59. The van der Waals surface area contributed by atoms with Crippen LogP contribution in [0.2, 0.25) is 0 Å². The zero-order valence-electron chi connectivity index (χ0n) is 15.7. The molecule has 0 atom stereocenters. The van der Waals surface area contributed by atoms with Gasteiger partial charge in [0.2, 0.25) is 0 Å². The fourth-order valence-electron chi connectivity index (χ4n) is 2.31. The second kappa shape index (κ2) is 15.0. The predicted octanol–water partition coefficient (Wildman–Crippen LogP) is 4.12. The van der Waals surface area contributed by atoms with Gasteiger partial charge in [0.15, 0.2) is 5.96 Å². The van der Waals surface area contributed by atoms with Crippen LogP contribution >= 0.6 is 24.0 Å². The molecule has 8 heteroatoms. The predicted molar refractivity (Wildman–Crippen MR) is 112 cm³/mol. The molecule has 0 heterocycles. The van der Waals surface area contributed by atoms with E-state index in [4.69, 9.17) is 4.74 Å². The van der Waals surface area contributed by atoms with Crippen LogP contribution in [-0.2, 0) is 11.3 Å². The van der Waals surface area contributed by atoms with E-state index >= 15 is 0 Å². The van der Waals surface area contributed by atoms with E-state index in [1.165, 1.54) is 0 Å². The number of unbranched alkanes of at least 4 members (excludes halogenated alkanes) is 2. The van der Waals surface area contributed by atoms with E-state index in [-0.39, 0.29) is 29.7 Å². The molecule has 5 nitrogen and oxygen atoms in total. The topological polar surface area (TPSA) is 46.1 Å². The molecule has 26 heavy (non-hydrogen) atoms. The highest BCUT2D eigenvalue weighted by Gasteiger charge is 2.08. The fraction of sp³-hybridized carbons (Fsp3) is 0.611. The van der Waals surface area contributed by atoms with Crippen LogP contribution in [0.4, 0.5) is 8.78 Å². The van der Waals surface area contributed by atoms with Crippen LogP contribution in [0.3, 0.4) is 0 Å². The van der Waals surface area contributed by atoms with Gasteiger partial charge in [0, 0.05) is 40.4 Å².